The zero-order chi connectivity index (χ0) is 21.7. The summed E-state index contributed by atoms with van der Waals surface area (Å²) in [5, 5.41) is 2.71. The van der Waals surface area contributed by atoms with Crippen LogP contribution in [-0.2, 0) is 14.3 Å². The Balaban J connectivity index is 1.66. The Morgan fingerprint density at radius 1 is 1.00 bits per heavy atom. The summed E-state index contributed by atoms with van der Waals surface area (Å²) in [7, 11) is 0. The summed E-state index contributed by atoms with van der Waals surface area (Å²) in [4.78, 5) is 25.0. The van der Waals surface area contributed by atoms with Crippen LogP contribution < -0.4 is 5.32 Å². The van der Waals surface area contributed by atoms with Gasteiger partial charge in [0.25, 0.3) is 0 Å². The van der Waals surface area contributed by atoms with Crippen molar-refractivity contribution < 1.29 is 19.1 Å². The molecule has 0 bridgehead atoms. The molecule has 30 heavy (non-hydrogen) atoms. The van der Waals surface area contributed by atoms with Crippen molar-refractivity contribution in [1.29, 1.82) is 0 Å². The fourth-order valence-electron chi connectivity index (χ4n) is 3.81. The fraction of sp³-hybridized carbons (Fsp3) is 0.440. The van der Waals surface area contributed by atoms with Crippen LogP contribution >= 0.6 is 0 Å². The number of hydrogen-bond acceptors (Lipinski definition) is 4. The monoisotopic (exact) mass is 409 g/mol. The van der Waals surface area contributed by atoms with Crippen LogP contribution in [0.2, 0.25) is 0 Å². The number of carbonyl (C=O) groups excluding carboxylic acids is 2. The molecule has 5 heteroatoms. The molecule has 1 aliphatic rings. The maximum atomic E-state index is 12.5. The van der Waals surface area contributed by atoms with Gasteiger partial charge in [0, 0.05) is 5.92 Å². The van der Waals surface area contributed by atoms with E-state index in [-0.39, 0.29) is 12.5 Å². The van der Waals surface area contributed by atoms with E-state index in [1.165, 1.54) is 11.1 Å². The number of esters is 1. The van der Waals surface area contributed by atoms with Crippen molar-refractivity contribution in [2.75, 3.05) is 6.61 Å². The summed E-state index contributed by atoms with van der Waals surface area (Å²) >= 11 is 0. The van der Waals surface area contributed by atoms with Gasteiger partial charge in [-0.1, -0.05) is 68.3 Å². The smallest absolute Gasteiger partial charge is 0.407 e. The molecule has 2 aromatic rings. The molecule has 0 spiro atoms. The Morgan fingerprint density at radius 2 is 1.57 bits per heavy atom. The van der Waals surface area contributed by atoms with Gasteiger partial charge in [0.2, 0.25) is 0 Å². The summed E-state index contributed by atoms with van der Waals surface area (Å²) in [6, 6.07) is 15.7. The predicted molar refractivity (Wildman–Crippen MR) is 117 cm³/mol. The van der Waals surface area contributed by atoms with Crippen molar-refractivity contribution >= 4 is 12.1 Å². The van der Waals surface area contributed by atoms with Crippen LogP contribution in [0.3, 0.4) is 0 Å². The SMILES string of the molecule is CCCC[C@H](NC(=O)OCC1c2ccccc2-c2ccccc21)C(=O)OC(C)(C)C. The minimum Gasteiger partial charge on any atom is -0.458 e. The minimum atomic E-state index is -0.708. The Bertz CT molecular complexity index is 855. The largest absolute Gasteiger partial charge is 0.458 e. The van der Waals surface area contributed by atoms with E-state index in [1.54, 1.807) is 0 Å². The van der Waals surface area contributed by atoms with E-state index in [0.29, 0.717) is 6.42 Å². The first-order valence-corrected chi connectivity index (χ1v) is 10.6. The van der Waals surface area contributed by atoms with E-state index in [0.717, 1.165) is 24.0 Å². The first-order chi connectivity index (χ1) is 14.3. The molecule has 5 nitrogen and oxygen atoms in total. The van der Waals surface area contributed by atoms with Crippen LogP contribution in [0.25, 0.3) is 11.1 Å². The number of fused-ring (bicyclic) bond motifs is 3. The number of carbonyl (C=O) groups is 2. The second-order valence-corrected chi connectivity index (χ2v) is 8.70. The quantitative estimate of drug-likeness (QED) is 0.620. The molecule has 0 unspecified atom stereocenters. The highest BCUT2D eigenvalue weighted by atomic mass is 16.6. The van der Waals surface area contributed by atoms with Crippen molar-refractivity contribution in [3.8, 4) is 11.1 Å². The van der Waals surface area contributed by atoms with Crippen molar-refractivity contribution in [3.63, 3.8) is 0 Å². The van der Waals surface area contributed by atoms with Crippen molar-refractivity contribution in [2.45, 2.75) is 64.5 Å². The zero-order valence-corrected chi connectivity index (χ0v) is 18.2. The average molecular weight is 410 g/mol. The fourth-order valence-corrected chi connectivity index (χ4v) is 3.81. The summed E-state index contributed by atoms with van der Waals surface area (Å²) in [6.07, 6.45) is 1.67. The van der Waals surface area contributed by atoms with Crippen LogP contribution in [0.5, 0.6) is 0 Å². The topological polar surface area (TPSA) is 64.6 Å². The van der Waals surface area contributed by atoms with Crippen molar-refractivity contribution in [1.82, 2.24) is 5.32 Å². The highest BCUT2D eigenvalue weighted by Gasteiger charge is 2.30. The molecule has 1 amide bonds. The molecule has 0 saturated heterocycles. The van der Waals surface area contributed by atoms with Crippen LogP contribution in [-0.4, -0.2) is 30.3 Å². The molecular weight excluding hydrogens is 378 g/mol. The molecule has 0 heterocycles. The highest BCUT2D eigenvalue weighted by Crippen LogP contribution is 2.44. The van der Waals surface area contributed by atoms with Gasteiger partial charge in [0.05, 0.1) is 0 Å². The predicted octanol–water partition coefficient (Wildman–Crippen LogP) is 5.43. The standard InChI is InChI=1S/C25H31NO4/c1-5-6-15-22(23(27)30-25(2,3)4)26-24(28)29-16-21-19-13-9-7-11-17(19)18-12-8-10-14-20(18)21/h7-14,21-22H,5-6,15-16H2,1-4H3,(H,26,28)/t22-/m0/s1. The number of rotatable bonds is 7. The first-order valence-electron chi connectivity index (χ1n) is 10.6. The molecule has 3 rings (SSSR count). The maximum Gasteiger partial charge on any atom is 0.407 e. The van der Waals surface area contributed by atoms with E-state index in [4.69, 9.17) is 9.47 Å². The van der Waals surface area contributed by atoms with Gasteiger partial charge < -0.3 is 14.8 Å². The van der Waals surface area contributed by atoms with Crippen LogP contribution in [0.15, 0.2) is 48.5 Å². The van der Waals surface area contributed by atoms with Crippen LogP contribution in [0.1, 0.15) is 64.0 Å². The number of ether oxygens (including phenoxy) is 2. The Kier molecular flexibility index (Phi) is 6.80. The van der Waals surface area contributed by atoms with Crippen molar-refractivity contribution in [3.05, 3.63) is 59.7 Å². The van der Waals surface area contributed by atoms with Crippen LogP contribution in [0, 0.1) is 0 Å². The molecule has 160 valence electrons. The third kappa shape index (κ3) is 5.21. The Hall–Kier alpha value is -2.82. The average Bonchev–Trinajstić information content (AvgIpc) is 3.02. The number of benzene rings is 2. The van der Waals surface area contributed by atoms with E-state index >= 15 is 0 Å². The number of hydrogen-bond donors (Lipinski definition) is 1. The third-order valence-electron chi connectivity index (χ3n) is 5.17. The molecule has 0 fully saturated rings. The van der Waals surface area contributed by atoms with Gasteiger partial charge in [0.1, 0.15) is 18.2 Å². The van der Waals surface area contributed by atoms with Gasteiger partial charge in [-0.3, -0.25) is 0 Å². The Morgan fingerprint density at radius 3 is 2.10 bits per heavy atom. The van der Waals surface area contributed by atoms with Gasteiger partial charge in [-0.05, 0) is 49.4 Å². The summed E-state index contributed by atoms with van der Waals surface area (Å²) < 4.78 is 11.0. The lowest BCUT2D eigenvalue weighted by molar-refractivity contribution is -0.157. The van der Waals surface area contributed by atoms with Crippen molar-refractivity contribution in [2.24, 2.45) is 0 Å². The molecule has 1 N–H and O–H groups in total. The third-order valence-corrected chi connectivity index (χ3v) is 5.17. The van der Waals surface area contributed by atoms with Gasteiger partial charge in [-0.25, -0.2) is 9.59 Å². The lowest BCUT2D eigenvalue weighted by Gasteiger charge is -2.24. The van der Waals surface area contributed by atoms with Gasteiger partial charge in [0.15, 0.2) is 0 Å². The molecule has 0 aromatic heterocycles. The summed E-state index contributed by atoms with van der Waals surface area (Å²) in [5.74, 6) is -0.441. The molecule has 1 atom stereocenters. The van der Waals surface area contributed by atoms with E-state index < -0.39 is 23.7 Å². The van der Waals surface area contributed by atoms with Gasteiger partial charge >= 0.3 is 12.1 Å². The Labute approximate surface area is 178 Å². The second kappa shape index (κ2) is 9.33. The normalized spacial score (nSPS) is 13.9. The highest BCUT2D eigenvalue weighted by molar-refractivity contribution is 5.82. The lowest BCUT2D eigenvalue weighted by atomic mass is 9.98. The van der Waals surface area contributed by atoms with Crippen LogP contribution in [0.4, 0.5) is 4.79 Å². The number of unbranched alkanes of at least 4 members (excludes halogenated alkanes) is 1. The summed E-state index contributed by atoms with van der Waals surface area (Å²) in [5.41, 5.74) is 4.06. The summed E-state index contributed by atoms with van der Waals surface area (Å²) in [6.45, 7) is 7.70. The molecular formula is C25H31NO4. The molecule has 1 aliphatic carbocycles. The number of nitrogens with one attached hydrogen (secondary N) is 1. The number of alkyl carbamates (subject to hydrolysis) is 1. The minimum absolute atomic E-state index is 0.0150. The van der Waals surface area contributed by atoms with E-state index in [9.17, 15) is 9.59 Å². The lowest BCUT2D eigenvalue weighted by Crippen LogP contribution is -2.44. The van der Waals surface area contributed by atoms with E-state index in [1.807, 2.05) is 52.0 Å². The van der Waals surface area contributed by atoms with Gasteiger partial charge in [-0.15, -0.1) is 0 Å². The molecule has 2 aromatic carbocycles. The molecule has 0 aliphatic heterocycles. The van der Waals surface area contributed by atoms with E-state index in [2.05, 4.69) is 29.6 Å². The number of amides is 1. The maximum absolute atomic E-state index is 12.5. The zero-order valence-electron chi connectivity index (χ0n) is 18.2. The van der Waals surface area contributed by atoms with Gasteiger partial charge in [-0.2, -0.15) is 0 Å². The first kappa shape index (κ1) is 21.9. The molecule has 0 saturated carbocycles. The molecule has 0 radical (unpaired) electrons. The second-order valence-electron chi connectivity index (χ2n) is 8.70.